The summed E-state index contributed by atoms with van der Waals surface area (Å²) in [6.45, 7) is 0.427. The summed E-state index contributed by atoms with van der Waals surface area (Å²) in [5.74, 6) is 0.945. The average molecular weight is 312 g/mol. The number of aliphatic imine (C=N–C) groups is 1. The van der Waals surface area contributed by atoms with Crippen molar-refractivity contribution < 1.29 is 9.53 Å². The third-order valence-electron chi connectivity index (χ3n) is 3.22. The number of benzene rings is 2. The Kier molecular flexibility index (Phi) is 5.57. The summed E-state index contributed by atoms with van der Waals surface area (Å²) in [5, 5.41) is 5.59. The maximum Gasteiger partial charge on any atom is 0.251 e. The van der Waals surface area contributed by atoms with Crippen LogP contribution in [0.1, 0.15) is 15.9 Å². The van der Waals surface area contributed by atoms with Crippen molar-refractivity contribution in [2.45, 2.75) is 6.54 Å². The Morgan fingerprint density at radius 2 is 1.96 bits per heavy atom. The topological polar surface area (TPSA) is 88.7 Å². The lowest BCUT2D eigenvalue weighted by Crippen LogP contribution is -2.22. The minimum Gasteiger partial charge on any atom is -0.497 e. The minimum atomic E-state index is -0.112. The first kappa shape index (κ1) is 16.4. The number of carbonyl (C=O) groups is 1. The first-order chi connectivity index (χ1) is 11.1. The molecule has 120 valence electrons. The van der Waals surface area contributed by atoms with Gasteiger partial charge in [0.25, 0.3) is 5.91 Å². The van der Waals surface area contributed by atoms with Crippen LogP contribution >= 0.6 is 0 Å². The van der Waals surface area contributed by atoms with E-state index < -0.39 is 0 Å². The van der Waals surface area contributed by atoms with E-state index in [1.807, 2.05) is 36.4 Å². The molecule has 0 unspecified atom stereocenters. The molecule has 1 amide bonds. The standard InChI is InChI=1S/C17H20N4O2/c1-19-16(22)13-8-6-12(7-9-13)11-20-17(18)21-14-4-3-5-15(10-14)23-2/h3-10H,11H2,1-2H3,(H,19,22)(H3,18,20,21). The van der Waals surface area contributed by atoms with Crippen LogP contribution in [0.15, 0.2) is 53.5 Å². The first-order valence-corrected chi connectivity index (χ1v) is 7.14. The van der Waals surface area contributed by atoms with Crippen molar-refractivity contribution in [1.82, 2.24) is 5.32 Å². The number of amides is 1. The van der Waals surface area contributed by atoms with Gasteiger partial charge < -0.3 is 21.1 Å². The molecular formula is C17H20N4O2. The van der Waals surface area contributed by atoms with Gasteiger partial charge in [-0.2, -0.15) is 0 Å². The first-order valence-electron chi connectivity index (χ1n) is 7.14. The lowest BCUT2D eigenvalue weighted by atomic mass is 10.1. The lowest BCUT2D eigenvalue weighted by Gasteiger charge is -2.07. The second kappa shape index (κ2) is 7.84. The summed E-state index contributed by atoms with van der Waals surface area (Å²) >= 11 is 0. The molecule has 0 atom stereocenters. The van der Waals surface area contributed by atoms with Crippen LogP contribution in [-0.2, 0) is 6.54 Å². The number of nitrogens with one attached hydrogen (secondary N) is 2. The van der Waals surface area contributed by atoms with Crippen LogP contribution in [0, 0.1) is 0 Å². The van der Waals surface area contributed by atoms with Gasteiger partial charge in [-0.3, -0.25) is 4.79 Å². The smallest absolute Gasteiger partial charge is 0.251 e. The molecule has 6 heteroatoms. The van der Waals surface area contributed by atoms with Gasteiger partial charge >= 0.3 is 0 Å². The molecule has 6 nitrogen and oxygen atoms in total. The predicted molar refractivity (Wildman–Crippen MR) is 91.8 cm³/mol. The molecule has 4 N–H and O–H groups in total. The molecule has 0 spiro atoms. The molecule has 0 bridgehead atoms. The van der Waals surface area contributed by atoms with Crippen LogP contribution < -0.4 is 21.1 Å². The van der Waals surface area contributed by atoms with Gasteiger partial charge in [0.1, 0.15) is 5.75 Å². The molecule has 0 fully saturated rings. The molecule has 0 saturated heterocycles. The quantitative estimate of drug-likeness (QED) is 0.582. The van der Waals surface area contributed by atoms with E-state index in [9.17, 15) is 4.79 Å². The van der Waals surface area contributed by atoms with Crippen molar-refractivity contribution >= 4 is 17.6 Å². The van der Waals surface area contributed by atoms with Crippen molar-refractivity contribution in [3.63, 3.8) is 0 Å². The number of nitrogens with two attached hydrogens (primary N) is 1. The number of rotatable bonds is 5. The van der Waals surface area contributed by atoms with Crippen molar-refractivity contribution in [3.05, 3.63) is 59.7 Å². The Bertz CT molecular complexity index is 696. The fourth-order valence-electron chi connectivity index (χ4n) is 1.97. The summed E-state index contributed by atoms with van der Waals surface area (Å²) in [4.78, 5) is 15.7. The molecule has 23 heavy (non-hydrogen) atoms. The summed E-state index contributed by atoms with van der Waals surface area (Å²) in [6, 6.07) is 14.7. The largest absolute Gasteiger partial charge is 0.497 e. The third kappa shape index (κ3) is 4.74. The number of methoxy groups -OCH3 is 1. The Morgan fingerprint density at radius 1 is 1.22 bits per heavy atom. The van der Waals surface area contributed by atoms with Gasteiger partial charge in [0.2, 0.25) is 0 Å². The molecule has 0 aliphatic heterocycles. The number of hydrogen-bond acceptors (Lipinski definition) is 3. The summed E-state index contributed by atoms with van der Waals surface area (Å²) in [5.41, 5.74) is 8.26. The average Bonchev–Trinajstić information content (AvgIpc) is 2.60. The second-order valence-electron chi connectivity index (χ2n) is 4.83. The summed E-state index contributed by atoms with van der Waals surface area (Å²) < 4.78 is 5.15. The maximum absolute atomic E-state index is 11.5. The van der Waals surface area contributed by atoms with Crippen LogP contribution in [0.3, 0.4) is 0 Å². The zero-order chi connectivity index (χ0) is 16.7. The maximum atomic E-state index is 11.5. The molecular weight excluding hydrogens is 292 g/mol. The van der Waals surface area contributed by atoms with Gasteiger partial charge in [0.05, 0.1) is 13.7 Å². The van der Waals surface area contributed by atoms with Crippen LogP contribution in [-0.4, -0.2) is 26.0 Å². The highest BCUT2D eigenvalue weighted by Gasteiger charge is 2.02. The van der Waals surface area contributed by atoms with E-state index in [0.717, 1.165) is 17.0 Å². The van der Waals surface area contributed by atoms with E-state index in [2.05, 4.69) is 15.6 Å². The molecule has 2 aromatic rings. The van der Waals surface area contributed by atoms with Crippen molar-refractivity contribution in [3.8, 4) is 5.75 Å². The second-order valence-corrected chi connectivity index (χ2v) is 4.83. The number of carbonyl (C=O) groups excluding carboxylic acids is 1. The SMILES string of the molecule is CNC(=O)c1ccc(CN=C(N)Nc2cccc(OC)c2)cc1. The van der Waals surface area contributed by atoms with Gasteiger partial charge in [0, 0.05) is 24.4 Å². The van der Waals surface area contributed by atoms with Crippen LogP contribution in [0.5, 0.6) is 5.75 Å². The fourth-order valence-corrected chi connectivity index (χ4v) is 1.97. The highest BCUT2D eigenvalue weighted by Crippen LogP contribution is 2.16. The van der Waals surface area contributed by atoms with E-state index in [4.69, 9.17) is 10.5 Å². The molecule has 0 aliphatic rings. The summed E-state index contributed by atoms with van der Waals surface area (Å²) in [6.07, 6.45) is 0. The van der Waals surface area contributed by atoms with E-state index in [-0.39, 0.29) is 5.91 Å². The number of anilines is 1. The number of hydrogen-bond donors (Lipinski definition) is 3. The van der Waals surface area contributed by atoms with Gasteiger partial charge in [-0.15, -0.1) is 0 Å². The van der Waals surface area contributed by atoms with E-state index in [1.165, 1.54) is 0 Å². The highest BCUT2D eigenvalue weighted by atomic mass is 16.5. The van der Waals surface area contributed by atoms with Crippen molar-refractivity contribution in [2.75, 3.05) is 19.5 Å². The van der Waals surface area contributed by atoms with Crippen molar-refractivity contribution in [1.29, 1.82) is 0 Å². The zero-order valence-corrected chi connectivity index (χ0v) is 13.2. The molecule has 0 saturated carbocycles. The van der Waals surface area contributed by atoms with Gasteiger partial charge in [-0.05, 0) is 29.8 Å². The van der Waals surface area contributed by atoms with Gasteiger partial charge in [-0.25, -0.2) is 4.99 Å². The predicted octanol–water partition coefficient (Wildman–Crippen LogP) is 1.98. The van der Waals surface area contributed by atoms with E-state index >= 15 is 0 Å². The normalized spacial score (nSPS) is 11.0. The molecule has 0 aromatic heterocycles. The molecule has 2 rings (SSSR count). The van der Waals surface area contributed by atoms with Crippen LogP contribution in [0.4, 0.5) is 5.69 Å². The Labute approximate surface area is 135 Å². The Hall–Kier alpha value is -3.02. The Balaban J connectivity index is 1.97. The Morgan fingerprint density at radius 3 is 2.61 bits per heavy atom. The minimum absolute atomic E-state index is 0.112. The molecule has 0 heterocycles. The van der Waals surface area contributed by atoms with Crippen molar-refractivity contribution in [2.24, 2.45) is 10.7 Å². The van der Waals surface area contributed by atoms with Crippen LogP contribution in [0.2, 0.25) is 0 Å². The zero-order valence-electron chi connectivity index (χ0n) is 13.2. The third-order valence-corrected chi connectivity index (χ3v) is 3.22. The molecule has 0 radical (unpaired) electrons. The number of nitrogens with zero attached hydrogens (tertiary/aromatic N) is 1. The van der Waals surface area contributed by atoms with E-state index in [0.29, 0.717) is 18.1 Å². The highest BCUT2D eigenvalue weighted by molar-refractivity contribution is 5.94. The molecule has 2 aromatic carbocycles. The molecule has 0 aliphatic carbocycles. The van der Waals surface area contributed by atoms with Crippen LogP contribution in [0.25, 0.3) is 0 Å². The fraction of sp³-hybridized carbons (Fsp3) is 0.176. The number of guanidine groups is 1. The number of ether oxygens (including phenoxy) is 1. The summed E-state index contributed by atoms with van der Waals surface area (Å²) in [7, 11) is 3.21. The van der Waals surface area contributed by atoms with E-state index in [1.54, 1.807) is 26.3 Å². The monoisotopic (exact) mass is 312 g/mol. The van der Waals surface area contributed by atoms with Gasteiger partial charge in [0.15, 0.2) is 5.96 Å². The van der Waals surface area contributed by atoms with Gasteiger partial charge in [-0.1, -0.05) is 18.2 Å². The lowest BCUT2D eigenvalue weighted by molar-refractivity contribution is 0.0963.